The lowest BCUT2D eigenvalue weighted by Crippen LogP contribution is -2.25. The second-order valence-corrected chi connectivity index (χ2v) is 6.40. The Morgan fingerprint density at radius 3 is 2.42 bits per heavy atom. The van der Waals surface area contributed by atoms with Crippen LogP contribution in [0.3, 0.4) is 0 Å². The number of benzene rings is 1. The SMILES string of the molecule is C=C(C)CNS(=O)(=O)c1cc(C(=O)O)c(Cl)cc1Cl. The summed E-state index contributed by atoms with van der Waals surface area (Å²) >= 11 is 11.5. The third kappa shape index (κ3) is 3.94. The number of sulfonamides is 1. The molecule has 19 heavy (non-hydrogen) atoms. The average molecular weight is 324 g/mol. The number of carboxylic acid groups (broad SMARTS) is 1. The van der Waals surface area contributed by atoms with Gasteiger partial charge in [-0.1, -0.05) is 35.4 Å². The highest BCUT2D eigenvalue weighted by molar-refractivity contribution is 7.89. The van der Waals surface area contributed by atoms with E-state index in [4.69, 9.17) is 28.3 Å². The number of carboxylic acids is 1. The van der Waals surface area contributed by atoms with Crippen molar-refractivity contribution < 1.29 is 18.3 Å². The summed E-state index contributed by atoms with van der Waals surface area (Å²) in [7, 11) is -3.92. The van der Waals surface area contributed by atoms with Gasteiger partial charge in [0.1, 0.15) is 4.90 Å². The average Bonchev–Trinajstić information content (AvgIpc) is 2.25. The van der Waals surface area contributed by atoms with Crippen LogP contribution in [-0.2, 0) is 10.0 Å². The molecule has 0 amide bonds. The first-order valence-electron chi connectivity index (χ1n) is 5.01. The molecule has 0 aliphatic rings. The summed E-state index contributed by atoms with van der Waals surface area (Å²) in [6.45, 7) is 5.24. The van der Waals surface area contributed by atoms with Crippen LogP contribution in [0.25, 0.3) is 0 Å². The molecule has 0 saturated heterocycles. The second kappa shape index (κ2) is 5.92. The van der Waals surface area contributed by atoms with E-state index < -0.39 is 16.0 Å². The van der Waals surface area contributed by atoms with Gasteiger partial charge in [-0.2, -0.15) is 0 Å². The van der Waals surface area contributed by atoms with Crippen LogP contribution in [0, 0.1) is 0 Å². The fourth-order valence-electron chi connectivity index (χ4n) is 1.19. The second-order valence-electron chi connectivity index (χ2n) is 3.85. The number of hydrogen-bond acceptors (Lipinski definition) is 3. The summed E-state index contributed by atoms with van der Waals surface area (Å²) in [5, 5.41) is 8.63. The maximum Gasteiger partial charge on any atom is 0.337 e. The number of carbonyl (C=O) groups is 1. The third-order valence-electron chi connectivity index (χ3n) is 2.11. The smallest absolute Gasteiger partial charge is 0.337 e. The van der Waals surface area contributed by atoms with Crippen LogP contribution in [0.5, 0.6) is 0 Å². The first-order valence-corrected chi connectivity index (χ1v) is 7.25. The molecule has 0 fully saturated rings. The molecule has 0 saturated carbocycles. The van der Waals surface area contributed by atoms with Gasteiger partial charge < -0.3 is 5.11 Å². The van der Waals surface area contributed by atoms with E-state index in [1.807, 2.05) is 0 Å². The van der Waals surface area contributed by atoms with Crippen molar-refractivity contribution in [3.63, 3.8) is 0 Å². The number of rotatable bonds is 5. The van der Waals surface area contributed by atoms with Crippen molar-refractivity contribution in [1.29, 1.82) is 0 Å². The van der Waals surface area contributed by atoms with Gasteiger partial charge in [0.2, 0.25) is 10.0 Å². The number of aromatic carboxylic acids is 1. The Balaban J connectivity index is 3.30. The largest absolute Gasteiger partial charge is 0.478 e. The molecule has 1 aromatic rings. The maximum absolute atomic E-state index is 12.0. The molecule has 0 spiro atoms. The van der Waals surface area contributed by atoms with Crippen molar-refractivity contribution in [1.82, 2.24) is 4.72 Å². The molecule has 0 aliphatic carbocycles. The van der Waals surface area contributed by atoms with Crippen molar-refractivity contribution in [3.05, 3.63) is 39.9 Å². The van der Waals surface area contributed by atoms with Crippen molar-refractivity contribution in [2.45, 2.75) is 11.8 Å². The standard InChI is InChI=1S/C11H11Cl2NO4S/c1-6(2)5-14-19(17,18)10-3-7(11(15)16)8(12)4-9(10)13/h3-4,14H,1,5H2,2H3,(H,15,16). The molecule has 0 aromatic heterocycles. The number of halogens is 2. The highest BCUT2D eigenvalue weighted by Crippen LogP contribution is 2.28. The maximum atomic E-state index is 12.0. The van der Waals surface area contributed by atoms with E-state index in [0.29, 0.717) is 5.57 Å². The van der Waals surface area contributed by atoms with Crippen LogP contribution >= 0.6 is 23.2 Å². The zero-order chi connectivity index (χ0) is 14.8. The molecule has 0 atom stereocenters. The van der Waals surface area contributed by atoms with Crippen molar-refractivity contribution in [2.24, 2.45) is 0 Å². The highest BCUT2D eigenvalue weighted by atomic mass is 35.5. The van der Waals surface area contributed by atoms with Crippen molar-refractivity contribution in [3.8, 4) is 0 Å². The predicted octanol–water partition coefficient (Wildman–Crippen LogP) is 2.55. The summed E-state index contributed by atoms with van der Waals surface area (Å²) in [6, 6.07) is 2.01. The van der Waals surface area contributed by atoms with Crippen LogP contribution in [0.1, 0.15) is 17.3 Å². The van der Waals surface area contributed by atoms with Gasteiger partial charge >= 0.3 is 5.97 Å². The Bertz CT molecular complexity index is 640. The van der Waals surface area contributed by atoms with E-state index in [1.54, 1.807) is 6.92 Å². The summed E-state index contributed by atoms with van der Waals surface area (Å²) in [4.78, 5) is 10.6. The highest BCUT2D eigenvalue weighted by Gasteiger charge is 2.22. The normalized spacial score (nSPS) is 11.3. The van der Waals surface area contributed by atoms with E-state index in [2.05, 4.69) is 11.3 Å². The van der Waals surface area contributed by atoms with Gasteiger partial charge in [0, 0.05) is 6.54 Å². The Labute approximate surface area is 120 Å². The lowest BCUT2D eigenvalue weighted by molar-refractivity contribution is 0.0697. The van der Waals surface area contributed by atoms with E-state index in [-0.39, 0.29) is 27.0 Å². The summed E-state index contributed by atoms with van der Waals surface area (Å²) in [5.41, 5.74) is 0.272. The van der Waals surface area contributed by atoms with E-state index in [9.17, 15) is 13.2 Å². The minimum Gasteiger partial charge on any atom is -0.478 e. The molecular weight excluding hydrogens is 313 g/mol. The summed E-state index contributed by atoms with van der Waals surface area (Å²) in [6.07, 6.45) is 0. The van der Waals surface area contributed by atoms with Gasteiger partial charge in [0.25, 0.3) is 0 Å². The number of nitrogens with one attached hydrogen (secondary N) is 1. The molecule has 104 valence electrons. The molecule has 0 radical (unpaired) electrons. The molecule has 2 N–H and O–H groups in total. The van der Waals surface area contributed by atoms with Gasteiger partial charge in [-0.25, -0.2) is 17.9 Å². The Kier molecular flexibility index (Phi) is 4.98. The lowest BCUT2D eigenvalue weighted by atomic mass is 10.2. The van der Waals surface area contributed by atoms with Crippen molar-refractivity contribution >= 4 is 39.2 Å². The molecule has 0 unspecified atom stereocenters. The van der Waals surface area contributed by atoms with Crippen LogP contribution in [0.4, 0.5) is 0 Å². The fourth-order valence-corrected chi connectivity index (χ4v) is 3.14. The van der Waals surface area contributed by atoms with Crippen LogP contribution < -0.4 is 4.72 Å². The monoisotopic (exact) mass is 323 g/mol. The minimum absolute atomic E-state index is 0.0314. The van der Waals surface area contributed by atoms with Gasteiger partial charge in [-0.05, 0) is 19.1 Å². The zero-order valence-corrected chi connectivity index (χ0v) is 12.2. The molecule has 0 bridgehead atoms. The molecule has 1 aromatic carbocycles. The number of hydrogen-bond donors (Lipinski definition) is 2. The van der Waals surface area contributed by atoms with E-state index >= 15 is 0 Å². The summed E-state index contributed by atoms with van der Waals surface area (Å²) in [5.74, 6) is -1.34. The molecule has 8 heteroatoms. The van der Waals surface area contributed by atoms with Crippen LogP contribution in [0.15, 0.2) is 29.2 Å². The first kappa shape index (κ1) is 16.0. The molecular formula is C11H11Cl2NO4S. The fraction of sp³-hybridized carbons (Fsp3) is 0.182. The van der Waals surface area contributed by atoms with Gasteiger partial charge in [-0.15, -0.1) is 0 Å². The predicted molar refractivity (Wildman–Crippen MR) is 73.4 cm³/mol. The minimum atomic E-state index is -3.92. The molecule has 1 rings (SSSR count). The molecule has 0 heterocycles. The first-order chi connectivity index (χ1) is 8.65. The quantitative estimate of drug-likeness (QED) is 0.815. The van der Waals surface area contributed by atoms with Gasteiger partial charge in [0.05, 0.1) is 15.6 Å². The van der Waals surface area contributed by atoms with Gasteiger partial charge in [-0.3, -0.25) is 0 Å². The lowest BCUT2D eigenvalue weighted by Gasteiger charge is -2.10. The van der Waals surface area contributed by atoms with Crippen LogP contribution in [0.2, 0.25) is 10.0 Å². The topological polar surface area (TPSA) is 83.5 Å². The third-order valence-corrected chi connectivity index (χ3v) is 4.28. The molecule has 5 nitrogen and oxygen atoms in total. The Morgan fingerprint density at radius 1 is 1.37 bits per heavy atom. The van der Waals surface area contributed by atoms with Crippen LogP contribution in [-0.4, -0.2) is 26.0 Å². The van der Waals surface area contributed by atoms with E-state index in [1.165, 1.54) is 0 Å². The summed E-state index contributed by atoms with van der Waals surface area (Å²) < 4.78 is 26.2. The van der Waals surface area contributed by atoms with Crippen molar-refractivity contribution in [2.75, 3.05) is 6.54 Å². The molecule has 0 aliphatic heterocycles. The van der Waals surface area contributed by atoms with Gasteiger partial charge in [0.15, 0.2) is 0 Å². The Morgan fingerprint density at radius 2 is 1.95 bits per heavy atom. The zero-order valence-electron chi connectivity index (χ0n) is 9.91. The Hall–Kier alpha value is -1.08. The van der Waals surface area contributed by atoms with E-state index in [0.717, 1.165) is 12.1 Å².